The average Bonchev–Trinajstić information content (AvgIpc) is 2.94. The van der Waals surface area contributed by atoms with Gasteiger partial charge in [0.2, 0.25) is 0 Å². The van der Waals surface area contributed by atoms with Gasteiger partial charge in [-0.3, -0.25) is 19.2 Å². The van der Waals surface area contributed by atoms with E-state index in [0.29, 0.717) is 5.56 Å². The molecule has 2 aliphatic rings. The molecule has 0 unspecified atom stereocenters. The van der Waals surface area contributed by atoms with Gasteiger partial charge in [0.15, 0.2) is 5.92 Å². The van der Waals surface area contributed by atoms with Gasteiger partial charge in [0.25, 0.3) is 5.91 Å². The maximum Gasteiger partial charge on any atom is 0.320 e. The second-order valence-electron chi connectivity index (χ2n) is 9.29. The van der Waals surface area contributed by atoms with Crippen molar-refractivity contribution in [2.75, 3.05) is 21.3 Å². The van der Waals surface area contributed by atoms with Crippen molar-refractivity contribution in [3.63, 3.8) is 0 Å². The summed E-state index contributed by atoms with van der Waals surface area (Å²) in [5, 5.41) is 1.40. The first-order chi connectivity index (χ1) is 17.5. The van der Waals surface area contributed by atoms with Crippen molar-refractivity contribution >= 4 is 17.8 Å². The normalized spacial score (nSPS) is 23.5. The molecule has 8 nitrogen and oxygen atoms in total. The molecule has 0 bridgehead atoms. The highest BCUT2D eigenvalue weighted by Crippen LogP contribution is 2.47. The molecule has 0 spiro atoms. The maximum atomic E-state index is 13.8. The average molecular weight is 496 g/mol. The number of benzene rings is 2. The van der Waals surface area contributed by atoms with Crippen molar-refractivity contribution in [1.29, 1.82) is 0 Å². The van der Waals surface area contributed by atoms with Gasteiger partial charge in [-0.25, -0.2) is 5.06 Å². The van der Waals surface area contributed by atoms with Crippen molar-refractivity contribution in [2.45, 2.75) is 50.2 Å². The molecule has 0 N–H and O–H groups in total. The number of fused-ring (bicyclic) bond motifs is 1. The Hall–Kier alpha value is -3.39. The molecule has 8 heteroatoms. The summed E-state index contributed by atoms with van der Waals surface area (Å²) in [5.41, 5.74) is 1.47. The molecule has 1 aliphatic carbocycles. The van der Waals surface area contributed by atoms with Crippen LogP contribution >= 0.6 is 0 Å². The Kier molecular flexibility index (Phi) is 8.25. The highest BCUT2D eigenvalue weighted by Gasteiger charge is 2.50. The van der Waals surface area contributed by atoms with Crippen LogP contribution in [0.2, 0.25) is 0 Å². The smallest absolute Gasteiger partial charge is 0.320 e. The summed E-state index contributed by atoms with van der Waals surface area (Å²) in [6.07, 6.45) is 3.68. The summed E-state index contributed by atoms with van der Waals surface area (Å²) in [6.45, 7) is 0. The third-order valence-corrected chi connectivity index (χ3v) is 7.35. The molecule has 1 saturated carbocycles. The Morgan fingerprint density at radius 3 is 2.17 bits per heavy atom. The van der Waals surface area contributed by atoms with Gasteiger partial charge in [0, 0.05) is 11.5 Å². The van der Waals surface area contributed by atoms with Crippen LogP contribution in [0.1, 0.15) is 53.9 Å². The first-order valence-electron chi connectivity index (χ1n) is 12.3. The van der Waals surface area contributed by atoms with Gasteiger partial charge in [0.05, 0.1) is 33.5 Å². The molecule has 0 aromatic heterocycles. The number of ether oxygens (including phenoxy) is 3. The van der Waals surface area contributed by atoms with E-state index in [1.54, 1.807) is 31.4 Å². The topological polar surface area (TPSA) is 91.4 Å². The first-order valence-corrected chi connectivity index (χ1v) is 12.3. The fraction of sp³-hybridized carbons (Fsp3) is 0.464. The van der Waals surface area contributed by atoms with Gasteiger partial charge in [-0.1, -0.05) is 43.2 Å². The van der Waals surface area contributed by atoms with E-state index in [1.165, 1.54) is 19.3 Å². The number of rotatable bonds is 7. The monoisotopic (exact) mass is 495 g/mol. The van der Waals surface area contributed by atoms with E-state index in [2.05, 4.69) is 0 Å². The first kappa shape index (κ1) is 25.7. The van der Waals surface area contributed by atoms with Crippen LogP contribution in [0.15, 0.2) is 54.6 Å². The number of amides is 1. The van der Waals surface area contributed by atoms with Crippen LogP contribution in [0.4, 0.5) is 0 Å². The molecule has 4 atom stereocenters. The van der Waals surface area contributed by atoms with Crippen molar-refractivity contribution in [1.82, 2.24) is 5.06 Å². The molecule has 1 amide bonds. The molecule has 4 rings (SSSR count). The van der Waals surface area contributed by atoms with Crippen LogP contribution in [0.25, 0.3) is 0 Å². The van der Waals surface area contributed by atoms with Crippen LogP contribution in [-0.2, 0) is 23.9 Å². The summed E-state index contributed by atoms with van der Waals surface area (Å²) in [5.74, 6) is -2.23. The van der Waals surface area contributed by atoms with Crippen LogP contribution in [0, 0.1) is 11.8 Å². The fourth-order valence-corrected chi connectivity index (χ4v) is 5.58. The van der Waals surface area contributed by atoms with Crippen molar-refractivity contribution < 1.29 is 33.4 Å². The minimum Gasteiger partial charge on any atom is -0.497 e. The maximum absolute atomic E-state index is 13.8. The van der Waals surface area contributed by atoms with E-state index in [-0.39, 0.29) is 30.3 Å². The van der Waals surface area contributed by atoms with E-state index in [9.17, 15) is 14.4 Å². The fourth-order valence-electron chi connectivity index (χ4n) is 5.58. The number of nitrogens with zero attached hydrogens (tertiary/aromatic N) is 1. The molecule has 2 aromatic carbocycles. The minimum atomic E-state index is -1.19. The van der Waals surface area contributed by atoms with Crippen LogP contribution in [-0.4, -0.2) is 56.4 Å². The van der Waals surface area contributed by atoms with E-state index in [1.807, 2.05) is 30.3 Å². The van der Waals surface area contributed by atoms with Crippen molar-refractivity contribution in [3.8, 4) is 5.75 Å². The number of esters is 2. The molecule has 192 valence electrons. The van der Waals surface area contributed by atoms with E-state index in [0.717, 1.165) is 37.0 Å². The number of hydrogen-bond acceptors (Lipinski definition) is 7. The molecule has 1 aliphatic heterocycles. The van der Waals surface area contributed by atoms with E-state index in [4.69, 9.17) is 19.0 Å². The highest BCUT2D eigenvalue weighted by atomic mass is 16.7. The Bertz CT molecular complexity index is 1040. The lowest BCUT2D eigenvalue weighted by Crippen LogP contribution is -2.57. The third-order valence-electron chi connectivity index (χ3n) is 7.35. The number of carbonyl (C=O) groups excluding carboxylic acids is 3. The van der Waals surface area contributed by atoms with Crippen LogP contribution in [0.3, 0.4) is 0 Å². The van der Waals surface area contributed by atoms with Gasteiger partial charge in [-0.15, -0.1) is 0 Å². The zero-order valence-corrected chi connectivity index (χ0v) is 20.9. The molecule has 1 heterocycles. The van der Waals surface area contributed by atoms with Gasteiger partial charge in [-0.05, 0) is 55.0 Å². The van der Waals surface area contributed by atoms with Crippen molar-refractivity contribution in [2.24, 2.45) is 11.8 Å². The Morgan fingerprint density at radius 1 is 0.917 bits per heavy atom. The molecular formula is C28H33NO7. The van der Waals surface area contributed by atoms with E-state index < -0.39 is 23.9 Å². The molecular weight excluding hydrogens is 462 g/mol. The molecule has 0 radical (unpaired) electrons. The van der Waals surface area contributed by atoms with Gasteiger partial charge < -0.3 is 14.2 Å². The second-order valence-corrected chi connectivity index (χ2v) is 9.29. The Balaban J connectivity index is 1.81. The minimum absolute atomic E-state index is 0.0117. The summed E-state index contributed by atoms with van der Waals surface area (Å²) < 4.78 is 15.2. The number of carbonyl (C=O) groups is 3. The predicted octanol–water partition coefficient (Wildman–Crippen LogP) is 4.15. The lowest BCUT2D eigenvalue weighted by molar-refractivity contribution is -0.251. The summed E-state index contributed by atoms with van der Waals surface area (Å²) in [4.78, 5) is 45.5. The SMILES string of the molecule is COC(=O)C(C[C@H]1[C@H](c2ccc(OC)cc2)[C@H]2CCCC[C@H]2ON1C(=O)c1ccccc1)C(=O)OC. The lowest BCUT2D eigenvalue weighted by atomic mass is 9.69. The van der Waals surface area contributed by atoms with E-state index >= 15 is 0 Å². The van der Waals surface area contributed by atoms with Gasteiger partial charge in [0.1, 0.15) is 5.75 Å². The quantitative estimate of drug-likeness (QED) is 0.421. The highest BCUT2D eigenvalue weighted by molar-refractivity contribution is 5.96. The number of methoxy groups -OCH3 is 3. The zero-order valence-electron chi connectivity index (χ0n) is 20.9. The van der Waals surface area contributed by atoms with Crippen LogP contribution in [0.5, 0.6) is 5.75 Å². The summed E-state index contributed by atoms with van der Waals surface area (Å²) in [6, 6.07) is 16.0. The number of hydroxylamine groups is 2. The largest absolute Gasteiger partial charge is 0.497 e. The van der Waals surface area contributed by atoms with Crippen molar-refractivity contribution in [3.05, 3.63) is 65.7 Å². The number of hydrogen-bond donors (Lipinski definition) is 0. The van der Waals surface area contributed by atoms with Crippen LogP contribution < -0.4 is 4.74 Å². The zero-order chi connectivity index (χ0) is 25.7. The molecule has 36 heavy (non-hydrogen) atoms. The Labute approximate surface area is 211 Å². The third kappa shape index (κ3) is 5.23. The lowest BCUT2D eigenvalue weighted by Gasteiger charge is -2.51. The molecule has 1 saturated heterocycles. The molecule has 2 fully saturated rings. The summed E-state index contributed by atoms with van der Waals surface area (Å²) >= 11 is 0. The summed E-state index contributed by atoms with van der Waals surface area (Å²) in [7, 11) is 4.09. The second kappa shape index (κ2) is 11.6. The standard InChI is InChI=1S/C28H33NO7/c1-33-20-15-13-18(14-16-20)25-21-11-7-8-12-24(21)36-29(26(30)19-9-5-4-6-10-19)23(25)17-22(27(31)34-2)28(32)35-3/h4-6,9-10,13-16,21-25H,7-8,11-12,17H2,1-3H3/t21-,23-,24+,25+/m0/s1. The molecule has 2 aromatic rings. The predicted molar refractivity (Wildman–Crippen MR) is 131 cm³/mol. The van der Waals surface area contributed by atoms with Gasteiger partial charge >= 0.3 is 11.9 Å². The van der Waals surface area contributed by atoms with Gasteiger partial charge in [-0.2, -0.15) is 0 Å². The Morgan fingerprint density at radius 2 is 1.56 bits per heavy atom.